The first kappa shape index (κ1) is 19.0. The second-order valence-corrected chi connectivity index (χ2v) is 7.97. The van der Waals surface area contributed by atoms with Gasteiger partial charge in [-0.05, 0) is 48.6 Å². The molecule has 4 rings (SSSR count). The van der Waals surface area contributed by atoms with Crippen LogP contribution in [0, 0.1) is 0 Å². The summed E-state index contributed by atoms with van der Waals surface area (Å²) in [6.45, 7) is 3.49. The summed E-state index contributed by atoms with van der Waals surface area (Å²) in [6.07, 6.45) is 3.75. The first-order valence-electron chi connectivity index (χ1n) is 10.1. The lowest BCUT2D eigenvalue weighted by Gasteiger charge is -2.38. The number of piperidine rings is 1. The quantitative estimate of drug-likeness (QED) is 0.725. The van der Waals surface area contributed by atoms with Gasteiger partial charge in [0.1, 0.15) is 5.75 Å². The number of rotatable bonds is 7. The lowest BCUT2D eigenvalue weighted by molar-refractivity contribution is -0.115. The normalized spacial score (nSPS) is 18.5. The van der Waals surface area contributed by atoms with Crippen LogP contribution in [-0.2, 0) is 17.6 Å². The van der Waals surface area contributed by atoms with Gasteiger partial charge in [-0.1, -0.05) is 30.3 Å². The summed E-state index contributed by atoms with van der Waals surface area (Å²) in [5.41, 5.74) is 2.53. The Bertz CT molecular complexity index is 814. The maximum absolute atomic E-state index is 11.4. The fourth-order valence-electron chi connectivity index (χ4n) is 4.12. The Hall–Kier alpha value is -2.37. The molecule has 2 heterocycles. The van der Waals surface area contributed by atoms with Gasteiger partial charge in [0.2, 0.25) is 5.91 Å². The van der Waals surface area contributed by atoms with Crippen LogP contribution in [0.25, 0.3) is 0 Å². The van der Waals surface area contributed by atoms with Crippen molar-refractivity contribution >= 4 is 11.6 Å². The Kier molecular flexibility index (Phi) is 5.64. The Morgan fingerprint density at radius 3 is 2.68 bits per heavy atom. The minimum Gasteiger partial charge on any atom is -0.494 e. The molecule has 0 aromatic heterocycles. The zero-order valence-electron chi connectivity index (χ0n) is 16.2. The van der Waals surface area contributed by atoms with E-state index in [2.05, 4.69) is 22.3 Å². The molecule has 2 aliphatic rings. The van der Waals surface area contributed by atoms with E-state index in [0.29, 0.717) is 13.0 Å². The van der Waals surface area contributed by atoms with Crippen molar-refractivity contribution in [2.24, 2.45) is 0 Å². The molecule has 0 atom stereocenters. The van der Waals surface area contributed by atoms with Crippen LogP contribution in [0.2, 0.25) is 0 Å². The molecule has 5 heteroatoms. The van der Waals surface area contributed by atoms with E-state index in [-0.39, 0.29) is 5.91 Å². The highest BCUT2D eigenvalue weighted by molar-refractivity contribution is 5.99. The fourth-order valence-corrected chi connectivity index (χ4v) is 4.12. The van der Waals surface area contributed by atoms with Crippen molar-refractivity contribution < 1.29 is 14.6 Å². The number of hydrogen-bond acceptors (Lipinski definition) is 4. The van der Waals surface area contributed by atoms with Gasteiger partial charge in [-0.25, -0.2) is 0 Å². The van der Waals surface area contributed by atoms with Crippen molar-refractivity contribution in [2.75, 3.05) is 31.6 Å². The molecular formula is C23H28N2O3. The number of nitrogens with zero attached hydrogens (tertiary/aromatic N) is 1. The van der Waals surface area contributed by atoms with Crippen molar-refractivity contribution in [2.45, 2.75) is 37.7 Å². The van der Waals surface area contributed by atoms with Gasteiger partial charge < -0.3 is 20.1 Å². The molecular weight excluding hydrogens is 352 g/mol. The Morgan fingerprint density at radius 2 is 1.89 bits per heavy atom. The SMILES string of the molecule is O=C1Cc2cc(OCCCN3CCC(O)(Cc4ccccc4)CC3)ccc2N1. The second kappa shape index (κ2) is 8.33. The van der Waals surface area contributed by atoms with Gasteiger partial charge in [-0.15, -0.1) is 0 Å². The average Bonchev–Trinajstić information content (AvgIpc) is 3.07. The number of hydrogen-bond donors (Lipinski definition) is 2. The fraction of sp³-hybridized carbons (Fsp3) is 0.435. The van der Waals surface area contributed by atoms with Gasteiger partial charge in [0.15, 0.2) is 0 Å². The lowest BCUT2D eigenvalue weighted by atomic mass is 9.85. The van der Waals surface area contributed by atoms with E-state index in [1.165, 1.54) is 5.56 Å². The minimum absolute atomic E-state index is 0.0458. The standard InChI is InChI=1S/C23H28N2O3/c26-22-16-19-15-20(7-8-21(19)24-22)28-14-4-11-25-12-9-23(27,10-13-25)17-18-5-2-1-3-6-18/h1-3,5-8,15,27H,4,9-14,16-17H2,(H,24,26). The summed E-state index contributed by atoms with van der Waals surface area (Å²) in [7, 11) is 0. The number of carbonyl (C=O) groups excluding carboxylic acids is 1. The van der Waals surface area contributed by atoms with E-state index in [1.54, 1.807) is 0 Å². The number of carbonyl (C=O) groups is 1. The number of anilines is 1. The van der Waals surface area contributed by atoms with E-state index < -0.39 is 5.60 Å². The van der Waals surface area contributed by atoms with E-state index in [9.17, 15) is 9.90 Å². The van der Waals surface area contributed by atoms with E-state index in [1.807, 2.05) is 36.4 Å². The van der Waals surface area contributed by atoms with Gasteiger partial charge in [0.25, 0.3) is 0 Å². The Balaban J connectivity index is 1.17. The number of fused-ring (bicyclic) bond motifs is 1. The van der Waals surface area contributed by atoms with Crippen LogP contribution in [-0.4, -0.2) is 47.8 Å². The molecule has 2 aromatic rings. The Labute approximate surface area is 166 Å². The van der Waals surface area contributed by atoms with Crippen LogP contribution < -0.4 is 10.1 Å². The maximum Gasteiger partial charge on any atom is 0.228 e. The minimum atomic E-state index is -0.579. The molecule has 148 valence electrons. The summed E-state index contributed by atoms with van der Waals surface area (Å²) in [5, 5.41) is 13.7. The van der Waals surface area contributed by atoms with E-state index in [0.717, 1.165) is 62.3 Å². The van der Waals surface area contributed by atoms with Crippen molar-refractivity contribution in [1.82, 2.24) is 4.90 Å². The number of amides is 1. The van der Waals surface area contributed by atoms with Crippen molar-refractivity contribution in [3.8, 4) is 5.75 Å². The van der Waals surface area contributed by atoms with Gasteiger partial charge in [0.05, 0.1) is 18.6 Å². The topological polar surface area (TPSA) is 61.8 Å². The van der Waals surface area contributed by atoms with Crippen LogP contribution in [0.4, 0.5) is 5.69 Å². The predicted octanol–water partition coefficient (Wildman–Crippen LogP) is 3.02. The van der Waals surface area contributed by atoms with Gasteiger partial charge in [-0.2, -0.15) is 0 Å². The average molecular weight is 380 g/mol. The molecule has 0 spiro atoms. The van der Waals surface area contributed by atoms with E-state index in [4.69, 9.17) is 4.74 Å². The number of aliphatic hydroxyl groups is 1. The molecule has 0 radical (unpaired) electrons. The molecule has 5 nitrogen and oxygen atoms in total. The largest absolute Gasteiger partial charge is 0.494 e. The number of likely N-dealkylation sites (tertiary alicyclic amines) is 1. The molecule has 1 saturated heterocycles. The third-order valence-electron chi connectivity index (χ3n) is 5.75. The van der Waals surface area contributed by atoms with Crippen LogP contribution in [0.1, 0.15) is 30.4 Å². The zero-order chi connectivity index (χ0) is 19.4. The highest BCUT2D eigenvalue weighted by atomic mass is 16.5. The molecule has 2 N–H and O–H groups in total. The summed E-state index contributed by atoms with van der Waals surface area (Å²) in [5.74, 6) is 0.871. The highest BCUT2D eigenvalue weighted by Crippen LogP contribution is 2.28. The lowest BCUT2D eigenvalue weighted by Crippen LogP contribution is -2.46. The summed E-state index contributed by atoms with van der Waals surface area (Å²) >= 11 is 0. The van der Waals surface area contributed by atoms with E-state index >= 15 is 0 Å². The smallest absolute Gasteiger partial charge is 0.228 e. The van der Waals surface area contributed by atoms with Crippen molar-refractivity contribution in [1.29, 1.82) is 0 Å². The number of ether oxygens (including phenoxy) is 1. The molecule has 0 bridgehead atoms. The summed E-state index contributed by atoms with van der Waals surface area (Å²) in [6, 6.07) is 16.0. The molecule has 0 aliphatic carbocycles. The van der Waals surface area contributed by atoms with Crippen molar-refractivity contribution in [3.63, 3.8) is 0 Å². The number of benzene rings is 2. The molecule has 1 fully saturated rings. The first-order chi connectivity index (χ1) is 13.6. The van der Waals surface area contributed by atoms with Gasteiger partial charge in [0, 0.05) is 31.7 Å². The molecule has 2 aromatic carbocycles. The van der Waals surface area contributed by atoms with Gasteiger partial charge in [-0.3, -0.25) is 4.79 Å². The molecule has 1 amide bonds. The molecule has 2 aliphatic heterocycles. The second-order valence-electron chi connectivity index (χ2n) is 7.97. The zero-order valence-corrected chi connectivity index (χ0v) is 16.2. The molecule has 28 heavy (non-hydrogen) atoms. The predicted molar refractivity (Wildman–Crippen MR) is 110 cm³/mol. The maximum atomic E-state index is 11.4. The van der Waals surface area contributed by atoms with Crippen LogP contribution in [0.15, 0.2) is 48.5 Å². The van der Waals surface area contributed by atoms with Crippen LogP contribution >= 0.6 is 0 Å². The number of nitrogens with one attached hydrogen (secondary N) is 1. The van der Waals surface area contributed by atoms with Crippen LogP contribution in [0.5, 0.6) is 5.75 Å². The third kappa shape index (κ3) is 4.72. The summed E-state index contributed by atoms with van der Waals surface area (Å²) in [4.78, 5) is 13.8. The third-order valence-corrected chi connectivity index (χ3v) is 5.75. The first-order valence-corrected chi connectivity index (χ1v) is 10.1. The molecule has 0 saturated carbocycles. The highest BCUT2D eigenvalue weighted by Gasteiger charge is 2.32. The molecule has 0 unspecified atom stereocenters. The monoisotopic (exact) mass is 380 g/mol. The summed E-state index contributed by atoms with van der Waals surface area (Å²) < 4.78 is 5.86. The van der Waals surface area contributed by atoms with Gasteiger partial charge >= 0.3 is 0 Å². The Morgan fingerprint density at radius 1 is 1.11 bits per heavy atom. The van der Waals surface area contributed by atoms with Crippen molar-refractivity contribution in [3.05, 3.63) is 59.7 Å². The van der Waals surface area contributed by atoms with Crippen LogP contribution in [0.3, 0.4) is 0 Å².